The Balaban J connectivity index is 1.63. The fourth-order valence-corrected chi connectivity index (χ4v) is 6.33. The molecule has 2 aromatic rings. The van der Waals surface area contributed by atoms with Crippen LogP contribution in [0, 0.1) is 0 Å². The molecule has 0 radical (unpaired) electrons. The number of rotatable bonds is 9. The summed E-state index contributed by atoms with van der Waals surface area (Å²) >= 11 is 1.37. The molecule has 10 heteroatoms. The maximum absolute atomic E-state index is 12.5. The summed E-state index contributed by atoms with van der Waals surface area (Å²) in [6.07, 6.45) is 0.894. The van der Waals surface area contributed by atoms with Gasteiger partial charge in [0.1, 0.15) is 10.8 Å². The summed E-state index contributed by atoms with van der Waals surface area (Å²) in [5.74, 6) is -0.474. The Morgan fingerprint density at radius 2 is 1.94 bits per heavy atom. The SMILES string of the molecule is COc1ccc(S(=O)(=O)CCCC(=O)Nc2sc3c(c2C(N)=O)CCN(C(C)C)C3)cc1. The zero-order chi connectivity index (χ0) is 23.5. The number of anilines is 1. The lowest BCUT2D eigenvalue weighted by molar-refractivity contribution is -0.116. The maximum atomic E-state index is 12.5. The predicted molar refractivity (Wildman–Crippen MR) is 125 cm³/mol. The second-order valence-electron chi connectivity index (χ2n) is 8.03. The average Bonchev–Trinajstić information content (AvgIpc) is 3.10. The van der Waals surface area contributed by atoms with E-state index >= 15 is 0 Å². The van der Waals surface area contributed by atoms with Crippen molar-refractivity contribution in [3.05, 3.63) is 40.3 Å². The zero-order valence-electron chi connectivity index (χ0n) is 18.5. The van der Waals surface area contributed by atoms with Crippen LogP contribution in [0.5, 0.6) is 5.75 Å². The van der Waals surface area contributed by atoms with Crippen LogP contribution in [-0.4, -0.2) is 50.6 Å². The second kappa shape index (κ2) is 10.0. The van der Waals surface area contributed by atoms with Crippen LogP contribution < -0.4 is 15.8 Å². The molecule has 0 saturated heterocycles. The van der Waals surface area contributed by atoms with Crippen LogP contribution in [0.2, 0.25) is 0 Å². The van der Waals surface area contributed by atoms with E-state index < -0.39 is 15.7 Å². The van der Waals surface area contributed by atoms with Crippen LogP contribution in [0.25, 0.3) is 0 Å². The molecule has 0 fully saturated rings. The van der Waals surface area contributed by atoms with Crippen molar-refractivity contribution in [1.29, 1.82) is 0 Å². The van der Waals surface area contributed by atoms with Gasteiger partial charge in [-0.15, -0.1) is 11.3 Å². The van der Waals surface area contributed by atoms with Crippen molar-refractivity contribution in [2.24, 2.45) is 5.73 Å². The van der Waals surface area contributed by atoms with Crippen LogP contribution in [0.1, 0.15) is 47.5 Å². The molecular weight excluding hydrogens is 450 g/mol. The fraction of sp³-hybridized carbons (Fsp3) is 0.455. The highest BCUT2D eigenvalue weighted by Gasteiger charge is 2.28. The van der Waals surface area contributed by atoms with Crippen molar-refractivity contribution in [3.8, 4) is 5.75 Å². The van der Waals surface area contributed by atoms with Gasteiger partial charge in [-0.1, -0.05) is 0 Å². The first-order chi connectivity index (χ1) is 15.1. The van der Waals surface area contributed by atoms with Gasteiger partial charge in [0.25, 0.3) is 5.91 Å². The molecule has 1 aromatic heterocycles. The molecular formula is C22H29N3O5S2. The van der Waals surface area contributed by atoms with E-state index in [1.165, 1.54) is 30.6 Å². The molecule has 174 valence electrons. The minimum absolute atomic E-state index is 0.0221. The minimum Gasteiger partial charge on any atom is -0.497 e. The van der Waals surface area contributed by atoms with Gasteiger partial charge in [0.2, 0.25) is 5.91 Å². The number of carbonyl (C=O) groups excluding carboxylic acids is 2. The van der Waals surface area contributed by atoms with E-state index in [1.54, 1.807) is 12.1 Å². The third-order valence-corrected chi connectivity index (χ3v) is 8.50. The number of thiophene rings is 1. The van der Waals surface area contributed by atoms with Crippen molar-refractivity contribution in [3.63, 3.8) is 0 Å². The topological polar surface area (TPSA) is 119 Å². The molecule has 8 nitrogen and oxygen atoms in total. The highest BCUT2D eigenvalue weighted by Crippen LogP contribution is 2.37. The van der Waals surface area contributed by atoms with Crippen molar-refractivity contribution < 1.29 is 22.7 Å². The van der Waals surface area contributed by atoms with Crippen molar-refractivity contribution in [2.45, 2.75) is 50.6 Å². The molecule has 1 aromatic carbocycles. The molecule has 0 spiro atoms. The summed E-state index contributed by atoms with van der Waals surface area (Å²) in [6, 6.07) is 6.54. The van der Waals surface area contributed by atoms with Crippen LogP contribution in [0.15, 0.2) is 29.2 Å². The van der Waals surface area contributed by atoms with E-state index in [0.29, 0.717) is 35.3 Å². The third-order valence-electron chi connectivity index (χ3n) is 5.55. The number of benzene rings is 1. The quantitative estimate of drug-likeness (QED) is 0.571. The van der Waals surface area contributed by atoms with Crippen molar-refractivity contribution >= 4 is 38.0 Å². The highest BCUT2D eigenvalue weighted by molar-refractivity contribution is 7.91. The van der Waals surface area contributed by atoms with Gasteiger partial charge in [-0.2, -0.15) is 0 Å². The number of nitrogens with one attached hydrogen (secondary N) is 1. The number of carbonyl (C=O) groups is 2. The Morgan fingerprint density at radius 3 is 2.53 bits per heavy atom. The molecule has 3 N–H and O–H groups in total. The van der Waals surface area contributed by atoms with Gasteiger partial charge in [0.05, 0.1) is 23.3 Å². The fourth-order valence-electron chi connectivity index (χ4n) is 3.73. The number of nitrogens with two attached hydrogens (primary N) is 1. The Kier molecular flexibility index (Phi) is 7.58. The molecule has 0 saturated carbocycles. The number of amides is 2. The minimum atomic E-state index is -3.50. The highest BCUT2D eigenvalue weighted by atomic mass is 32.2. The van der Waals surface area contributed by atoms with Gasteiger partial charge in [-0.05, 0) is 56.5 Å². The summed E-state index contributed by atoms with van der Waals surface area (Å²) in [5, 5.41) is 3.24. The van der Waals surface area contributed by atoms with Gasteiger partial charge in [-0.3, -0.25) is 14.5 Å². The van der Waals surface area contributed by atoms with Gasteiger partial charge in [0.15, 0.2) is 9.84 Å². The largest absolute Gasteiger partial charge is 0.497 e. The standard InChI is InChI=1S/C22H29N3O5S2/c1-14(2)25-11-10-17-18(13-25)31-22(20(17)21(23)27)24-19(26)5-4-12-32(28,29)16-8-6-15(30-3)7-9-16/h6-9,14H,4-5,10-13H2,1-3H3,(H2,23,27)(H,24,26). The Bertz CT molecular complexity index is 1090. The van der Waals surface area contributed by atoms with E-state index in [-0.39, 0.29) is 29.4 Å². The zero-order valence-corrected chi connectivity index (χ0v) is 20.1. The number of hydrogen-bond acceptors (Lipinski definition) is 7. The molecule has 1 aliphatic rings. The molecule has 0 aliphatic carbocycles. The molecule has 2 heterocycles. The molecule has 3 rings (SSSR count). The lowest BCUT2D eigenvalue weighted by Gasteiger charge is -2.30. The average molecular weight is 480 g/mol. The first kappa shape index (κ1) is 24.2. The number of hydrogen-bond donors (Lipinski definition) is 2. The lowest BCUT2D eigenvalue weighted by Crippen LogP contribution is -2.35. The Hall–Kier alpha value is -2.43. The van der Waals surface area contributed by atoms with Gasteiger partial charge >= 0.3 is 0 Å². The van der Waals surface area contributed by atoms with E-state index in [4.69, 9.17) is 10.5 Å². The summed E-state index contributed by atoms with van der Waals surface area (Å²) < 4.78 is 30.0. The number of ether oxygens (including phenoxy) is 1. The number of primary amides is 1. The Labute approximate surface area is 192 Å². The van der Waals surface area contributed by atoms with Crippen LogP contribution in [-0.2, 0) is 27.6 Å². The maximum Gasteiger partial charge on any atom is 0.251 e. The van der Waals surface area contributed by atoms with E-state index in [2.05, 4.69) is 24.1 Å². The number of nitrogens with zero attached hydrogens (tertiary/aromatic N) is 1. The van der Waals surface area contributed by atoms with Crippen LogP contribution >= 0.6 is 11.3 Å². The predicted octanol–water partition coefficient (Wildman–Crippen LogP) is 2.81. The summed E-state index contributed by atoms with van der Waals surface area (Å²) in [7, 11) is -1.99. The van der Waals surface area contributed by atoms with Crippen LogP contribution in [0.3, 0.4) is 0 Å². The number of sulfone groups is 1. The van der Waals surface area contributed by atoms with Gasteiger partial charge in [-0.25, -0.2) is 8.42 Å². The summed E-state index contributed by atoms with van der Waals surface area (Å²) in [4.78, 5) is 28.1. The van der Waals surface area contributed by atoms with E-state index in [9.17, 15) is 18.0 Å². The van der Waals surface area contributed by atoms with Gasteiger partial charge in [0, 0.05) is 30.4 Å². The Morgan fingerprint density at radius 1 is 1.25 bits per heavy atom. The van der Waals surface area contributed by atoms with Crippen molar-refractivity contribution in [2.75, 3.05) is 24.7 Å². The number of fused-ring (bicyclic) bond motifs is 1. The van der Waals surface area contributed by atoms with E-state index in [0.717, 1.165) is 17.0 Å². The third kappa shape index (κ3) is 5.48. The smallest absolute Gasteiger partial charge is 0.251 e. The summed E-state index contributed by atoms with van der Waals surface area (Å²) in [5.41, 5.74) is 6.91. The van der Waals surface area contributed by atoms with Crippen LogP contribution in [0.4, 0.5) is 5.00 Å². The second-order valence-corrected chi connectivity index (χ2v) is 11.2. The number of methoxy groups -OCH3 is 1. The molecule has 0 unspecified atom stereocenters. The summed E-state index contributed by atoms with van der Waals surface area (Å²) in [6.45, 7) is 5.79. The normalized spacial score (nSPS) is 14.2. The van der Waals surface area contributed by atoms with Crippen molar-refractivity contribution in [1.82, 2.24) is 4.90 Å². The monoisotopic (exact) mass is 479 g/mol. The van der Waals surface area contributed by atoms with E-state index in [1.807, 2.05) is 0 Å². The molecule has 0 bridgehead atoms. The molecule has 2 amide bonds. The molecule has 0 atom stereocenters. The molecule has 1 aliphatic heterocycles. The first-order valence-electron chi connectivity index (χ1n) is 10.5. The van der Waals surface area contributed by atoms with Gasteiger partial charge < -0.3 is 15.8 Å². The first-order valence-corrected chi connectivity index (χ1v) is 12.9. The molecule has 32 heavy (non-hydrogen) atoms. The lowest BCUT2D eigenvalue weighted by atomic mass is 10.0.